The van der Waals surface area contributed by atoms with Gasteiger partial charge in [0.2, 0.25) is 0 Å². The Balaban J connectivity index is 2.37. The van der Waals surface area contributed by atoms with Crippen molar-refractivity contribution >= 4 is 11.0 Å². The number of rotatable bonds is 7. The Labute approximate surface area is 121 Å². The molecule has 1 aromatic carbocycles. The van der Waals surface area contributed by atoms with E-state index in [0.717, 1.165) is 36.1 Å². The molecule has 0 amide bonds. The molecule has 110 valence electrons. The van der Waals surface area contributed by atoms with E-state index in [4.69, 9.17) is 9.15 Å². The molecule has 0 aliphatic carbocycles. The van der Waals surface area contributed by atoms with E-state index in [-0.39, 0.29) is 12.1 Å². The van der Waals surface area contributed by atoms with Crippen LogP contribution in [0.15, 0.2) is 28.7 Å². The predicted molar refractivity (Wildman–Crippen MR) is 83.1 cm³/mol. The Morgan fingerprint density at radius 2 is 2.10 bits per heavy atom. The Morgan fingerprint density at radius 1 is 1.30 bits per heavy atom. The highest BCUT2D eigenvalue weighted by molar-refractivity contribution is 5.81. The number of nitrogens with one attached hydrogen (secondary N) is 1. The van der Waals surface area contributed by atoms with Gasteiger partial charge in [-0.15, -0.1) is 0 Å². The summed E-state index contributed by atoms with van der Waals surface area (Å²) in [4.78, 5) is 0. The first-order chi connectivity index (χ1) is 9.71. The van der Waals surface area contributed by atoms with E-state index >= 15 is 0 Å². The summed E-state index contributed by atoms with van der Waals surface area (Å²) < 4.78 is 11.8. The van der Waals surface area contributed by atoms with Crippen molar-refractivity contribution in [2.75, 3.05) is 13.7 Å². The molecule has 1 N–H and O–H groups in total. The van der Waals surface area contributed by atoms with Crippen LogP contribution in [0.2, 0.25) is 0 Å². The second-order valence-corrected chi connectivity index (χ2v) is 5.24. The molecule has 3 heteroatoms. The van der Waals surface area contributed by atoms with Crippen LogP contribution in [0.4, 0.5) is 0 Å². The summed E-state index contributed by atoms with van der Waals surface area (Å²) in [7, 11) is 1.78. The number of furan rings is 1. The van der Waals surface area contributed by atoms with E-state index in [1.165, 1.54) is 5.56 Å². The second-order valence-electron chi connectivity index (χ2n) is 5.24. The van der Waals surface area contributed by atoms with Gasteiger partial charge in [0, 0.05) is 12.5 Å². The standard InChI is InChI=1S/C17H25NO2/c1-5-8-14(19-4)16(18-6-2)15-11-13-10-7-9-12(3)17(13)20-15/h7,9-11,14,16,18H,5-6,8H2,1-4H3. The van der Waals surface area contributed by atoms with Crippen molar-refractivity contribution in [3.05, 3.63) is 35.6 Å². The minimum Gasteiger partial charge on any atom is -0.459 e. The molecular weight excluding hydrogens is 250 g/mol. The Hall–Kier alpha value is -1.32. The summed E-state index contributed by atoms with van der Waals surface area (Å²) in [5.74, 6) is 0.969. The maximum absolute atomic E-state index is 6.10. The zero-order valence-corrected chi connectivity index (χ0v) is 12.9. The lowest BCUT2D eigenvalue weighted by Gasteiger charge is -2.24. The summed E-state index contributed by atoms with van der Waals surface area (Å²) in [5, 5.41) is 4.66. The van der Waals surface area contributed by atoms with Crippen LogP contribution in [0.25, 0.3) is 11.0 Å². The number of hydrogen-bond donors (Lipinski definition) is 1. The molecule has 20 heavy (non-hydrogen) atoms. The van der Waals surface area contributed by atoms with Crippen molar-refractivity contribution < 1.29 is 9.15 Å². The monoisotopic (exact) mass is 275 g/mol. The summed E-state index contributed by atoms with van der Waals surface area (Å²) in [6, 6.07) is 8.49. The van der Waals surface area contributed by atoms with E-state index in [0.29, 0.717) is 0 Å². The number of hydrogen-bond acceptors (Lipinski definition) is 3. The molecular formula is C17H25NO2. The molecule has 2 unspecified atom stereocenters. The molecule has 0 saturated heterocycles. The molecule has 0 aliphatic heterocycles. The van der Waals surface area contributed by atoms with Crippen molar-refractivity contribution in [3.8, 4) is 0 Å². The van der Waals surface area contributed by atoms with Crippen molar-refractivity contribution in [1.82, 2.24) is 5.32 Å². The number of methoxy groups -OCH3 is 1. The van der Waals surface area contributed by atoms with Gasteiger partial charge in [-0.05, 0) is 31.5 Å². The fraction of sp³-hybridized carbons (Fsp3) is 0.529. The van der Waals surface area contributed by atoms with E-state index in [1.807, 2.05) is 0 Å². The molecule has 1 heterocycles. The lowest BCUT2D eigenvalue weighted by Crippen LogP contribution is -2.32. The van der Waals surface area contributed by atoms with Crippen LogP contribution in [0.3, 0.4) is 0 Å². The molecule has 0 radical (unpaired) electrons. The molecule has 2 atom stereocenters. The average Bonchev–Trinajstić information content (AvgIpc) is 2.88. The zero-order valence-electron chi connectivity index (χ0n) is 12.9. The minimum absolute atomic E-state index is 0.108. The first-order valence-corrected chi connectivity index (χ1v) is 7.46. The Kier molecular flexibility index (Phi) is 5.21. The highest BCUT2D eigenvalue weighted by Crippen LogP contribution is 2.30. The number of para-hydroxylation sites is 1. The van der Waals surface area contributed by atoms with E-state index < -0.39 is 0 Å². The summed E-state index contributed by atoms with van der Waals surface area (Å²) >= 11 is 0. The van der Waals surface area contributed by atoms with Gasteiger partial charge in [0.05, 0.1) is 12.1 Å². The lowest BCUT2D eigenvalue weighted by molar-refractivity contribution is 0.0547. The van der Waals surface area contributed by atoms with Crippen LogP contribution in [-0.2, 0) is 4.74 Å². The molecule has 0 aliphatic rings. The highest BCUT2D eigenvalue weighted by Gasteiger charge is 2.25. The maximum atomic E-state index is 6.10. The van der Waals surface area contributed by atoms with E-state index in [1.54, 1.807) is 7.11 Å². The third-order valence-electron chi connectivity index (χ3n) is 3.74. The number of fused-ring (bicyclic) bond motifs is 1. The predicted octanol–water partition coefficient (Wildman–Crippen LogP) is 4.21. The number of ether oxygens (including phenoxy) is 1. The van der Waals surface area contributed by atoms with Crippen molar-refractivity contribution in [2.45, 2.75) is 45.8 Å². The SMILES string of the molecule is CCCC(OC)C(NCC)c1cc2cccc(C)c2o1. The second kappa shape index (κ2) is 6.91. The van der Waals surface area contributed by atoms with E-state index in [9.17, 15) is 0 Å². The molecule has 3 nitrogen and oxygen atoms in total. The van der Waals surface area contributed by atoms with Crippen LogP contribution in [0.1, 0.15) is 44.1 Å². The molecule has 0 saturated carbocycles. The van der Waals surface area contributed by atoms with Gasteiger partial charge in [0.25, 0.3) is 0 Å². The van der Waals surface area contributed by atoms with Gasteiger partial charge < -0.3 is 14.5 Å². The number of likely N-dealkylation sites (N-methyl/N-ethyl adjacent to an activating group) is 1. The fourth-order valence-corrected chi connectivity index (χ4v) is 2.72. The first kappa shape index (κ1) is 15.1. The van der Waals surface area contributed by atoms with Crippen LogP contribution >= 0.6 is 0 Å². The topological polar surface area (TPSA) is 34.4 Å². The first-order valence-electron chi connectivity index (χ1n) is 7.46. The maximum Gasteiger partial charge on any atom is 0.137 e. The van der Waals surface area contributed by atoms with Crippen LogP contribution < -0.4 is 5.32 Å². The minimum atomic E-state index is 0.108. The number of aryl methyl sites for hydroxylation is 1. The highest BCUT2D eigenvalue weighted by atomic mass is 16.5. The van der Waals surface area contributed by atoms with Gasteiger partial charge in [-0.1, -0.05) is 38.5 Å². The average molecular weight is 275 g/mol. The van der Waals surface area contributed by atoms with Gasteiger partial charge in [0.1, 0.15) is 11.3 Å². The van der Waals surface area contributed by atoms with Crippen molar-refractivity contribution in [1.29, 1.82) is 0 Å². The van der Waals surface area contributed by atoms with Gasteiger partial charge in [0.15, 0.2) is 0 Å². The van der Waals surface area contributed by atoms with Crippen LogP contribution in [-0.4, -0.2) is 19.8 Å². The third-order valence-corrected chi connectivity index (χ3v) is 3.74. The summed E-state index contributed by atoms with van der Waals surface area (Å²) in [5.41, 5.74) is 2.16. The molecule has 0 spiro atoms. The van der Waals surface area contributed by atoms with Crippen LogP contribution in [0.5, 0.6) is 0 Å². The quantitative estimate of drug-likeness (QED) is 0.822. The normalized spacial score (nSPS) is 14.6. The molecule has 2 rings (SSSR count). The third kappa shape index (κ3) is 3.05. The molecule has 2 aromatic rings. The summed E-state index contributed by atoms with van der Waals surface area (Å²) in [6.45, 7) is 7.26. The number of benzene rings is 1. The smallest absolute Gasteiger partial charge is 0.137 e. The largest absolute Gasteiger partial charge is 0.459 e. The van der Waals surface area contributed by atoms with Crippen molar-refractivity contribution in [2.24, 2.45) is 0 Å². The zero-order chi connectivity index (χ0) is 14.5. The van der Waals surface area contributed by atoms with Gasteiger partial charge >= 0.3 is 0 Å². The Bertz CT molecular complexity index is 547. The Morgan fingerprint density at radius 3 is 2.70 bits per heavy atom. The molecule has 1 aromatic heterocycles. The van der Waals surface area contributed by atoms with E-state index in [2.05, 4.69) is 50.4 Å². The fourth-order valence-electron chi connectivity index (χ4n) is 2.72. The van der Waals surface area contributed by atoms with Gasteiger partial charge in [-0.3, -0.25) is 0 Å². The van der Waals surface area contributed by atoms with Gasteiger partial charge in [-0.25, -0.2) is 0 Å². The van der Waals surface area contributed by atoms with Gasteiger partial charge in [-0.2, -0.15) is 0 Å². The summed E-state index contributed by atoms with van der Waals surface area (Å²) in [6.07, 6.45) is 2.25. The van der Waals surface area contributed by atoms with Crippen LogP contribution in [0, 0.1) is 6.92 Å². The molecule has 0 fully saturated rings. The molecule has 0 bridgehead atoms. The lowest BCUT2D eigenvalue weighted by atomic mass is 10.0. The van der Waals surface area contributed by atoms with Crippen molar-refractivity contribution in [3.63, 3.8) is 0 Å².